The van der Waals surface area contributed by atoms with E-state index in [1.807, 2.05) is 18.4 Å². The lowest BCUT2D eigenvalue weighted by Gasteiger charge is -2.04. The van der Waals surface area contributed by atoms with Crippen molar-refractivity contribution in [1.29, 1.82) is 0 Å². The SMILES string of the molecule is CSc1ccc(-c2cn[nH]c2N)cc1O. The molecule has 2 aromatic rings. The fraction of sp³-hybridized carbons (Fsp3) is 0.100. The third-order valence-electron chi connectivity index (χ3n) is 2.16. The Morgan fingerprint density at radius 3 is 2.80 bits per heavy atom. The van der Waals surface area contributed by atoms with Gasteiger partial charge in [0, 0.05) is 10.5 Å². The van der Waals surface area contributed by atoms with Crippen LogP contribution in [0.3, 0.4) is 0 Å². The van der Waals surface area contributed by atoms with E-state index in [0.717, 1.165) is 16.0 Å². The summed E-state index contributed by atoms with van der Waals surface area (Å²) in [5.41, 5.74) is 7.35. The maximum atomic E-state index is 9.69. The number of thioether (sulfide) groups is 1. The van der Waals surface area contributed by atoms with Crippen molar-refractivity contribution in [2.24, 2.45) is 0 Å². The molecule has 4 nitrogen and oxygen atoms in total. The fourth-order valence-corrected chi connectivity index (χ4v) is 1.86. The molecule has 5 heteroatoms. The monoisotopic (exact) mass is 221 g/mol. The van der Waals surface area contributed by atoms with Gasteiger partial charge in [-0.05, 0) is 24.0 Å². The van der Waals surface area contributed by atoms with Gasteiger partial charge in [-0.1, -0.05) is 6.07 Å². The molecule has 0 unspecified atom stereocenters. The summed E-state index contributed by atoms with van der Waals surface area (Å²) in [5, 5.41) is 16.2. The van der Waals surface area contributed by atoms with Crippen LogP contribution in [-0.4, -0.2) is 21.6 Å². The second-order valence-electron chi connectivity index (χ2n) is 3.08. The Morgan fingerprint density at radius 1 is 1.47 bits per heavy atom. The van der Waals surface area contributed by atoms with Gasteiger partial charge >= 0.3 is 0 Å². The fourth-order valence-electron chi connectivity index (χ4n) is 1.38. The van der Waals surface area contributed by atoms with Crippen LogP contribution < -0.4 is 5.73 Å². The summed E-state index contributed by atoms with van der Waals surface area (Å²) in [4.78, 5) is 0.848. The van der Waals surface area contributed by atoms with E-state index in [4.69, 9.17) is 5.73 Å². The van der Waals surface area contributed by atoms with E-state index in [2.05, 4.69) is 10.2 Å². The van der Waals surface area contributed by atoms with E-state index >= 15 is 0 Å². The molecule has 15 heavy (non-hydrogen) atoms. The zero-order valence-electron chi connectivity index (χ0n) is 8.19. The first-order chi connectivity index (χ1) is 7.22. The zero-order chi connectivity index (χ0) is 10.8. The Hall–Kier alpha value is -1.62. The Labute approximate surface area is 91.5 Å². The molecule has 0 amide bonds. The first-order valence-electron chi connectivity index (χ1n) is 4.38. The summed E-state index contributed by atoms with van der Waals surface area (Å²) in [7, 11) is 0. The molecular formula is C10H11N3OS. The number of phenolic OH excluding ortho intramolecular Hbond substituents is 1. The van der Waals surface area contributed by atoms with Crippen LogP contribution in [0.15, 0.2) is 29.3 Å². The number of anilines is 1. The number of phenols is 1. The smallest absolute Gasteiger partial charge is 0.129 e. The van der Waals surface area contributed by atoms with Crippen molar-refractivity contribution in [2.45, 2.75) is 4.90 Å². The average molecular weight is 221 g/mol. The van der Waals surface area contributed by atoms with E-state index in [9.17, 15) is 5.11 Å². The predicted molar refractivity (Wildman–Crippen MR) is 61.9 cm³/mol. The molecule has 78 valence electrons. The van der Waals surface area contributed by atoms with Gasteiger partial charge in [-0.15, -0.1) is 11.8 Å². The standard InChI is InChI=1S/C10H11N3OS/c1-15-9-3-2-6(4-8(9)14)7-5-12-13-10(7)11/h2-5,14H,1H3,(H3,11,12,13). The second kappa shape index (κ2) is 3.86. The Balaban J connectivity index is 2.47. The number of hydrogen-bond acceptors (Lipinski definition) is 4. The minimum Gasteiger partial charge on any atom is -0.507 e. The van der Waals surface area contributed by atoms with Crippen molar-refractivity contribution >= 4 is 17.6 Å². The lowest BCUT2D eigenvalue weighted by atomic mass is 10.1. The molecule has 0 saturated heterocycles. The van der Waals surface area contributed by atoms with E-state index in [1.165, 1.54) is 11.8 Å². The minimum absolute atomic E-state index is 0.264. The van der Waals surface area contributed by atoms with E-state index in [-0.39, 0.29) is 5.75 Å². The molecule has 0 radical (unpaired) electrons. The lowest BCUT2D eigenvalue weighted by Crippen LogP contribution is -1.87. The Morgan fingerprint density at radius 2 is 2.27 bits per heavy atom. The number of H-pyrrole nitrogens is 1. The van der Waals surface area contributed by atoms with Gasteiger partial charge in [-0.3, -0.25) is 5.10 Å². The Bertz CT molecular complexity index is 481. The minimum atomic E-state index is 0.264. The molecule has 0 aliphatic rings. The van der Waals surface area contributed by atoms with Crippen LogP contribution in [0.2, 0.25) is 0 Å². The van der Waals surface area contributed by atoms with Crippen LogP contribution in [0.5, 0.6) is 5.75 Å². The number of benzene rings is 1. The van der Waals surface area contributed by atoms with E-state index < -0.39 is 0 Å². The molecule has 1 aromatic carbocycles. The molecule has 0 aliphatic carbocycles. The van der Waals surface area contributed by atoms with Gasteiger partial charge in [0.25, 0.3) is 0 Å². The normalized spacial score (nSPS) is 10.5. The highest BCUT2D eigenvalue weighted by molar-refractivity contribution is 7.98. The molecule has 2 rings (SSSR count). The second-order valence-corrected chi connectivity index (χ2v) is 3.93. The van der Waals surface area contributed by atoms with E-state index in [0.29, 0.717) is 5.82 Å². The molecule has 1 heterocycles. The number of aromatic hydroxyl groups is 1. The predicted octanol–water partition coefficient (Wildman–Crippen LogP) is 2.09. The molecule has 0 saturated carbocycles. The highest BCUT2D eigenvalue weighted by atomic mass is 32.2. The summed E-state index contributed by atoms with van der Waals surface area (Å²) in [6.45, 7) is 0. The summed E-state index contributed by atoms with van der Waals surface area (Å²) in [6, 6.07) is 5.46. The number of rotatable bonds is 2. The van der Waals surface area contributed by atoms with Crippen LogP contribution in [0, 0.1) is 0 Å². The summed E-state index contributed by atoms with van der Waals surface area (Å²) < 4.78 is 0. The number of nitrogen functional groups attached to an aromatic ring is 1. The van der Waals surface area contributed by atoms with Gasteiger partial charge < -0.3 is 10.8 Å². The average Bonchev–Trinajstić information content (AvgIpc) is 2.64. The highest BCUT2D eigenvalue weighted by Crippen LogP contribution is 2.32. The van der Waals surface area contributed by atoms with Gasteiger partial charge in [-0.2, -0.15) is 5.10 Å². The third-order valence-corrected chi connectivity index (χ3v) is 2.94. The van der Waals surface area contributed by atoms with Gasteiger partial charge in [0.05, 0.1) is 6.20 Å². The van der Waals surface area contributed by atoms with Gasteiger partial charge in [0.15, 0.2) is 0 Å². The quantitative estimate of drug-likeness (QED) is 0.679. The largest absolute Gasteiger partial charge is 0.507 e. The summed E-state index contributed by atoms with van der Waals surface area (Å²) in [5.74, 6) is 0.770. The first-order valence-corrected chi connectivity index (χ1v) is 5.61. The molecule has 0 bridgehead atoms. The molecule has 4 N–H and O–H groups in total. The zero-order valence-corrected chi connectivity index (χ0v) is 9.01. The first kappa shape index (κ1) is 9.92. The van der Waals surface area contributed by atoms with Crippen molar-refractivity contribution in [2.75, 3.05) is 12.0 Å². The summed E-state index contributed by atoms with van der Waals surface area (Å²) >= 11 is 1.50. The van der Waals surface area contributed by atoms with Crippen LogP contribution in [0.1, 0.15) is 0 Å². The van der Waals surface area contributed by atoms with Crippen molar-refractivity contribution in [1.82, 2.24) is 10.2 Å². The maximum Gasteiger partial charge on any atom is 0.129 e. The number of aromatic nitrogens is 2. The molecule has 0 spiro atoms. The highest BCUT2D eigenvalue weighted by Gasteiger charge is 2.07. The van der Waals surface area contributed by atoms with Crippen molar-refractivity contribution in [3.05, 3.63) is 24.4 Å². The molecule has 0 atom stereocenters. The van der Waals surface area contributed by atoms with Crippen molar-refractivity contribution in [3.8, 4) is 16.9 Å². The van der Waals surface area contributed by atoms with Gasteiger partial charge in [0.1, 0.15) is 11.6 Å². The summed E-state index contributed by atoms with van der Waals surface area (Å²) in [6.07, 6.45) is 3.56. The van der Waals surface area contributed by atoms with Crippen LogP contribution >= 0.6 is 11.8 Å². The van der Waals surface area contributed by atoms with Crippen molar-refractivity contribution in [3.63, 3.8) is 0 Å². The lowest BCUT2D eigenvalue weighted by molar-refractivity contribution is 0.463. The van der Waals surface area contributed by atoms with Crippen LogP contribution in [-0.2, 0) is 0 Å². The van der Waals surface area contributed by atoms with Crippen LogP contribution in [0.4, 0.5) is 5.82 Å². The number of nitrogens with zero attached hydrogens (tertiary/aromatic N) is 1. The topological polar surface area (TPSA) is 74.9 Å². The molecule has 1 aromatic heterocycles. The number of nitrogens with one attached hydrogen (secondary N) is 1. The molecule has 0 aliphatic heterocycles. The molecular weight excluding hydrogens is 210 g/mol. The van der Waals surface area contributed by atoms with Gasteiger partial charge in [-0.25, -0.2) is 0 Å². The number of hydrogen-bond donors (Lipinski definition) is 3. The van der Waals surface area contributed by atoms with Gasteiger partial charge in [0.2, 0.25) is 0 Å². The van der Waals surface area contributed by atoms with Crippen molar-refractivity contribution < 1.29 is 5.11 Å². The number of nitrogens with two attached hydrogens (primary N) is 1. The maximum absolute atomic E-state index is 9.69. The molecule has 0 fully saturated rings. The van der Waals surface area contributed by atoms with E-state index in [1.54, 1.807) is 12.3 Å². The third kappa shape index (κ3) is 1.78. The number of aromatic amines is 1. The van der Waals surface area contributed by atoms with Crippen LogP contribution in [0.25, 0.3) is 11.1 Å². The Kier molecular flexibility index (Phi) is 2.55.